The van der Waals surface area contributed by atoms with Crippen LogP contribution in [0.25, 0.3) is 0 Å². The standard InChI is InChI=1S/C9F17NO/c10-1(11)2(12,13)6(19,20)27(7(21,22)3(1,14)15)5(18)4(16,17)8(23,24)28-9(5,25)26. The van der Waals surface area contributed by atoms with E-state index in [0.29, 0.717) is 0 Å². The zero-order chi connectivity index (χ0) is 22.8. The molecule has 0 amide bonds. The molecule has 0 aliphatic carbocycles. The minimum absolute atomic E-state index is 1.72. The van der Waals surface area contributed by atoms with Crippen LogP contribution < -0.4 is 0 Å². The quantitative estimate of drug-likeness (QED) is 0.407. The van der Waals surface area contributed by atoms with Crippen LogP contribution in [0.4, 0.5) is 74.6 Å². The summed E-state index contributed by atoms with van der Waals surface area (Å²) < 4.78 is 227. The summed E-state index contributed by atoms with van der Waals surface area (Å²) in [5.41, 5.74) is 0. The van der Waals surface area contributed by atoms with Crippen molar-refractivity contribution in [2.45, 2.75) is 53.8 Å². The number of ether oxygens (including phenoxy) is 1. The van der Waals surface area contributed by atoms with E-state index in [9.17, 15) is 74.6 Å². The molecular formula is C9F17NO. The molecule has 0 aromatic heterocycles. The second-order valence-corrected chi connectivity index (χ2v) is 5.47. The van der Waals surface area contributed by atoms with Gasteiger partial charge in [-0.1, -0.05) is 0 Å². The maximum Gasteiger partial charge on any atom is 0.429 e. The van der Waals surface area contributed by atoms with E-state index >= 15 is 0 Å². The minimum atomic E-state index is -8.01. The lowest BCUT2D eigenvalue weighted by atomic mass is 9.89. The van der Waals surface area contributed by atoms with Crippen molar-refractivity contribution in [1.29, 1.82) is 0 Å². The second-order valence-electron chi connectivity index (χ2n) is 5.47. The molecule has 0 spiro atoms. The van der Waals surface area contributed by atoms with Gasteiger partial charge in [0.25, 0.3) is 0 Å². The van der Waals surface area contributed by atoms with Gasteiger partial charge >= 0.3 is 53.8 Å². The number of hydrogen-bond donors (Lipinski definition) is 0. The topological polar surface area (TPSA) is 12.5 Å². The van der Waals surface area contributed by atoms with Crippen molar-refractivity contribution in [2.24, 2.45) is 0 Å². The Morgan fingerprint density at radius 1 is 0.393 bits per heavy atom. The summed E-state index contributed by atoms with van der Waals surface area (Å²) >= 11 is 0. The molecule has 2 fully saturated rings. The van der Waals surface area contributed by atoms with Gasteiger partial charge in [0.2, 0.25) is 0 Å². The third-order valence-corrected chi connectivity index (χ3v) is 3.84. The Hall–Kier alpha value is -1.27. The summed E-state index contributed by atoms with van der Waals surface area (Å²) in [5.74, 6) is -39.3. The summed E-state index contributed by atoms with van der Waals surface area (Å²) in [4.78, 5) is -4.40. The maximum atomic E-state index is 14.1. The molecule has 0 radical (unpaired) electrons. The molecule has 28 heavy (non-hydrogen) atoms. The number of likely N-dealkylation sites (tertiary alicyclic amines) is 1. The Balaban J connectivity index is 2.97. The maximum absolute atomic E-state index is 14.1. The predicted octanol–water partition coefficient (Wildman–Crippen LogP) is 4.91. The lowest BCUT2D eigenvalue weighted by Crippen LogP contribution is -2.87. The van der Waals surface area contributed by atoms with Gasteiger partial charge < -0.3 is 0 Å². The monoisotopic (exact) mass is 461 g/mol. The summed E-state index contributed by atoms with van der Waals surface area (Å²) in [5, 5.41) is 0. The average Bonchev–Trinajstić information content (AvgIpc) is 2.51. The number of alkyl halides is 17. The van der Waals surface area contributed by atoms with Crippen molar-refractivity contribution in [2.75, 3.05) is 0 Å². The van der Waals surface area contributed by atoms with Crippen LogP contribution in [0.5, 0.6) is 0 Å². The van der Waals surface area contributed by atoms with Crippen molar-refractivity contribution < 1.29 is 79.4 Å². The zero-order valence-corrected chi connectivity index (χ0v) is 11.8. The lowest BCUT2D eigenvalue weighted by Gasteiger charge is -2.54. The van der Waals surface area contributed by atoms with Crippen molar-refractivity contribution in [3.63, 3.8) is 0 Å². The first kappa shape index (κ1) is 23.0. The zero-order valence-electron chi connectivity index (χ0n) is 11.8. The molecule has 2 aliphatic heterocycles. The van der Waals surface area contributed by atoms with Crippen molar-refractivity contribution in [3.8, 4) is 0 Å². The van der Waals surface area contributed by atoms with E-state index < -0.39 is 58.7 Å². The third kappa shape index (κ3) is 1.89. The summed E-state index contributed by atoms with van der Waals surface area (Å²) in [7, 11) is 0. The molecule has 2 nitrogen and oxygen atoms in total. The highest BCUT2D eigenvalue weighted by Crippen LogP contribution is 2.72. The molecule has 2 rings (SSSR count). The van der Waals surface area contributed by atoms with E-state index in [-0.39, 0.29) is 0 Å². The number of rotatable bonds is 1. The minimum Gasteiger partial charge on any atom is -0.246 e. The third-order valence-electron chi connectivity index (χ3n) is 3.84. The van der Waals surface area contributed by atoms with E-state index in [1.54, 1.807) is 4.74 Å². The molecule has 1 unspecified atom stereocenters. The largest absolute Gasteiger partial charge is 0.429 e. The van der Waals surface area contributed by atoms with Crippen molar-refractivity contribution >= 4 is 0 Å². The van der Waals surface area contributed by atoms with Crippen LogP contribution in [0, 0.1) is 0 Å². The van der Waals surface area contributed by atoms with E-state index in [2.05, 4.69) is 0 Å². The molecule has 1 atom stereocenters. The summed E-state index contributed by atoms with van der Waals surface area (Å²) in [6.45, 7) is 0. The fraction of sp³-hybridized carbons (Fsp3) is 1.00. The van der Waals surface area contributed by atoms with Gasteiger partial charge in [0.1, 0.15) is 0 Å². The van der Waals surface area contributed by atoms with Crippen LogP contribution in [0.15, 0.2) is 0 Å². The van der Waals surface area contributed by atoms with Gasteiger partial charge in [0, 0.05) is 0 Å². The van der Waals surface area contributed by atoms with E-state index in [4.69, 9.17) is 0 Å². The molecule has 2 heterocycles. The second kappa shape index (κ2) is 4.89. The Kier molecular flexibility index (Phi) is 4.02. The fourth-order valence-corrected chi connectivity index (χ4v) is 2.36. The van der Waals surface area contributed by atoms with Crippen molar-refractivity contribution in [1.82, 2.24) is 4.90 Å². The lowest BCUT2D eigenvalue weighted by molar-refractivity contribution is -0.545. The van der Waals surface area contributed by atoms with E-state index in [1.165, 1.54) is 0 Å². The molecule has 19 heteroatoms. The highest BCUT2D eigenvalue weighted by molar-refractivity contribution is 5.21. The molecule has 2 saturated heterocycles. The normalized spacial score (nSPS) is 38.9. The Morgan fingerprint density at radius 3 is 0.964 bits per heavy atom. The molecule has 0 saturated carbocycles. The average molecular weight is 461 g/mol. The van der Waals surface area contributed by atoms with Crippen LogP contribution in [0.3, 0.4) is 0 Å². The van der Waals surface area contributed by atoms with Gasteiger partial charge in [-0.15, -0.1) is 4.90 Å². The summed E-state index contributed by atoms with van der Waals surface area (Å²) in [6, 6.07) is -16.0. The van der Waals surface area contributed by atoms with Gasteiger partial charge in [0.05, 0.1) is 0 Å². The highest BCUT2D eigenvalue weighted by atomic mass is 19.4. The smallest absolute Gasteiger partial charge is 0.246 e. The molecule has 0 aromatic rings. The summed E-state index contributed by atoms with van der Waals surface area (Å²) in [6.07, 6.45) is -14.3. The van der Waals surface area contributed by atoms with Crippen LogP contribution >= 0.6 is 0 Å². The molecule has 2 aliphatic rings. The molecule has 166 valence electrons. The highest BCUT2D eigenvalue weighted by Gasteiger charge is 3.04. The van der Waals surface area contributed by atoms with E-state index in [0.717, 1.165) is 0 Å². The first-order valence-electron chi connectivity index (χ1n) is 6.04. The number of nitrogens with zero attached hydrogens (tertiary/aromatic N) is 1. The van der Waals surface area contributed by atoms with Gasteiger partial charge in [-0.3, -0.25) is 0 Å². The van der Waals surface area contributed by atoms with Crippen LogP contribution in [-0.2, 0) is 4.74 Å². The van der Waals surface area contributed by atoms with Gasteiger partial charge in [-0.2, -0.15) is 70.2 Å². The Labute approximate surface area is 139 Å². The molecule has 0 bridgehead atoms. The number of halogens is 17. The van der Waals surface area contributed by atoms with Crippen molar-refractivity contribution in [3.05, 3.63) is 0 Å². The number of hydrogen-bond acceptors (Lipinski definition) is 2. The van der Waals surface area contributed by atoms with Crippen LogP contribution in [0.2, 0.25) is 0 Å². The number of piperidine rings is 1. The Bertz CT molecular complexity index is 654. The van der Waals surface area contributed by atoms with E-state index in [1.807, 2.05) is 0 Å². The molecule has 0 aromatic carbocycles. The van der Waals surface area contributed by atoms with Gasteiger partial charge in [-0.25, -0.2) is 9.13 Å². The molecule has 0 N–H and O–H groups in total. The van der Waals surface area contributed by atoms with Crippen LogP contribution in [-0.4, -0.2) is 58.7 Å². The first-order chi connectivity index (χ1) is 11.8. The van der Waals surface area contributed by atoms with Gasteiger partial charge in [0.15, 0.2) is 0 Å². The Morgan fingerprint density at radius 2 is 0.714 bits per heavy atom. The predicted molar refractivity (Wildman–Crippen MR) is 46.3 cm³/mol. The molecular weight excluding hydrogens is 461 g/mol. The van der Waals surface area contributed by atoms with Gasteiger partial charge in [-0.05, 0) is 0 Å². The SMILES string of the molecule is FC1(F)OC(F)(F)C(F)(N2C(F)(F)C(F)(F)C(F)(F)C(F)(F)C2(F)F)C1(F)F. The fourth-order valence-electron chi connectivity index (χ4n) is 2.36. The first-order valence-corrected chi connectivity index (χ1v) is 6.04. The van der Waals surface area contributed by atoms with Crippen LogP contribution in [0.1, 0.15) is 0 Å².